The van der Waals surface area contributed by atoms with E-state index in [4.69, 9.17) is 0 Å². The fourth-order valence-electron chi connectivity index (χ4n) is 2.85. The van der Waals surface area contributed by atoms with Crippen LogP contribution < -0.4 is 14.8 Å². The highest BCUT2D eigenvalue weighted by atomic mass is 32.2. The number of nitrogens with one attached hydrogen (secondary N) is 2. The Morgan fingerprint density at radius 1 is 0.935 bits per heavy atom. The Morgan fingerprint density at radius 3 is 2.39 bits per heavy atom. The number of carbonyl (C=O) groups is 1. The van der Waals surface area contributed by atoms with E-state index in [1.54, 1.807) is 38.1 Å². The van der Waals surface area contributed by atoms with Crippen molar-refractivity contribution in [1.82, 2.24) is 0 Å². The molecule has 0 aliphatic carbocycles. The van der Waals surface area contributed by atoms with E-state index < -0.39 is 22.5 Å². The van der Waals surface area contributed by atoms with E-state index in [0.717, 1.165) is 5.56 Å². The average Bonchev–Trinajstić information content (AvgIpc) is 2.69. The normalized spacial score (nSPS) is 11.3. The standard InChI is InChI=1S/C22H20F2N2O4S/c1-14-10-11-18(31(28,29)26-20-9-4-3-6-15(20)2)13-19(14)21(27)25-16-7-5-8-17(12-16)30-22(23)24/h3-13,22,26H,1-2H3,(H,25,27). The fourth-order valence-corrected chi connectivity index (χ4v) is 4.01. The zero-order valence-electron chi connectivity index (χ0n) is 16.7. The number of hydrogen-bond donors (Lipinski definition) is 2. The molecule has 0 aromatic heterocycles. The number of para-hydroxylation sites is 1. The molecule has 9 heteroatoms. The van der Waals surface area contributed by atoms with E-state index in [1.807, 2.05) is 0 Å². The number of ether oxygens (including phenoxy) is 1. The summed E-state index contributed by atoms with van der Waals surface area (Å²) in [6.45, 7) is 0.449. The predicted molar refractivity (Wildman–Crippen MR) is 114 cm³/mol. The molecule has 0 saturated heterocycles. The third-order valence-electron chi connectivity index (χ3n) is 4.47. The second-order valence-corrected chi connectivity index (χ2v) is 8.44. The minimum absolute atomic E-state index is 0.0821. The van der Waals surface area contributed by atoms with Crippen molar-refractivity contribution in [2.45, 2.75) is 25.4 Å². The maximum absolute atomic E-state index is 12.8. The molecule has 3 aromatic rings. The Morgan fingerprint density at radius 2 is 1.68 bits per heavy atom. The number of carbonyl (C=O) groups excluding carboxylic acids is 1. The molecule has 0 radical (unpaired) electrons. The average molecular weight is 446 g/mol. The van der Waals surface area contributed by atoms with Gasteiger partial charge in [0, 0.05) is 17.3 Å². The summed E-state index contributed by atoms with van der Waals surface area (Å²) >= 11 is 0. The Bertz CT molecular complexity index is 1210. The number of benzene rings is 3. The maximum atomic E-state index is 12.8. The largest absolute Gasteiger partial charge is 0.435 e. The summed E-state index contributed by atoms with van der Waals surface area (Å²) in [7, 11) is -3.94. The first-order valence-electron chi connectivity index (χ1n) is 9.21. The van der Waals surface area contributed by atoms with Crippen LogP contribution in [0.2, 0.25) is 0 Å². The monoisotopic (exact) mass is 446 g/mol. The molecule has 3 rings (SSSR count). The van der Waals surface area contributed by atoms with Gasteiger partial charge in [-0.15, -0.1) is 0 Å². The van der Waals surface area contributed by atoms with Crippen LogP contribution in [0.15, 0.2) is 71.6 Å². The zero-order chi connectivity index (χ0) is 22.6. The van der Waals surface area contributed by atoms with Crippen LogP contribution in [-0.2, 0) is 10.0 Å². The number of halogens is 2. The van der Waals surface area contributed by atoms with Crippen molar-refractivity contribution in [3.8, 4) is 5.75 Å². The van der Waals surface area contributed by atoms with E-state index in [2.05, 4.69) is 14.8 Å². The molecule has 2 N–H and O–H groups in total. The molecule has 0 fully saturated rings. The highest BCUT2D eigenvalue weighted by Gasteiger charge is 2.19. The maximum Gasteiger partial charge on any atom is 0.387 e. The van der Waals surface area contributed by atoms with Crippen molar-refractivity contribution in [1.29, 1.82) is 0 Å². The Kier molecular flexibility index (Phi) is 6.55. The second kappa shape index (κ2) is 9.13. The van der Waals surface area contributed by atoms with Gasteiger partial charge in [0.05, 0.1) is 10.6 Å². The fraction of sp³-hybridized carbons (Fsp3) is 0.136. The SMILES string of the molecule is Cc1ccccc1NS(=O)(=O)c1ccc(C)c(C(=O)Nc2cccc(OC(F)F)c2)c1. The van der Waals surface area contributed by atoms with Gasteiger partial charge in [0.15, 0.2) is 0 Å². The quantitative estimate of drug-likeness (QED) is 0.537. The highest BCUT2D eigenvalue weighted by Crippen LogP contribution is 2.23. The van der Waals surface area contributed by atoms with Crippen LogP contribution in [0.3, 0.4) is 0 Å². The number of sulfonamides is 1. The molecule has 3 aromatic carbocycles. The van der Waals surface area contributed by atoms with Crippen LogP contribution in [0.25, 0.3) is 0 Å². The minimum Gasteiger partial charge on any atom is -0.435 e. The number of rotatable bonds is 7. The molecule has 6 nitrogen and oxygen atoms in total. The lowest BCUT2D eigenvalue weighted by molar-refractivity contribution is -0.0498. The summed E-state index contributed by atoms with van der Waals surface area (Å²) in [5.74, 6) is -0.692. The third-order valence-corrected chi connectivity index (χ3v) is 5.83. The Balaban J connectivity index is 1.85. The van der Waals surface area contributed by atoms with Crippen LogP contribution >= 0.6 is 0 Å². The van der Waals surface area contributed by atoms with Crippen molar-refractivity contribution >= 4 is 27.3 Å². The van der Waals surface area contributed by atoms with Crippen LogP contribution in [0.4, 0.5) is 20.2 Å². The smallest absolute Gasteiger partial charge is 0.387 e. The summed E-state index contributed by atoms with van der Waals surface area (Å²) in [5, 5.41) is 2.57. The minimum atomic E-state index is -3.94. The summed E-state index contributed by atoms with van der Waals surface area (Å²) in [6, 6.07) is 16.7. The van der Waals surface area contributed by atoms with Crippen molar-refractivity contribution in [3.05, 3.63) is 83.4 Å². The third kappa shape index (κ3) is 5.58. The number of aryl methyl sites for hydroxylation is 2. The first-order valence-corrected chi connectivity index (χ1v) is 10.7. The van der Waals surface area contributed by atoms with E-state index >= 15 is 0 Å². The highest BCUT2D eigenvalue weighted by molar-refractivity contribution is 7.92. The van der Waals surface area contributed by atoms with Gasteiger partial charge in [-0.3, -0.25) is 9.52 Å². The number of hydrogen-bond acceptors (Lipinski definition) is 4. The van der Waals surface area contributed by atoms with E-state index in [0.29, 0.717) is 11.3 Å². The van der Waals surface area contributed by atoms with Gasteiger partial charge < -0.3 is 10.1 Å². The summed E-state index contributed by atoms with van der Waals surface area (Å²) < 4.78 is 57.3. The van der Waals surface area contributed by atoms with Crippen molar-refractivity contribution in [3.63, 3.8) is 0 Å². The van der Waals surface area contributed by atoms with Crippen LogP contribution in [0.1, 0.15) is 21.5 Å². The summed E-state index contributed by atoms with van der Waals surface area (Å²) in [5.41, 5.74) is 2.10. The molecule has 0 spiro atoms. The molecule has 1 amide bonds. The Labute approximate surface area is 178 Å². The molecule has 31 heavy (non-hydrogen) atoms. The molecule has 0 saturated carbocycles. The first kappa shape index (κ1) is 22.2. The number of amides is 1. The predicted octanol–water partition coefficient (Wildman–Crippen LogP) is 4.96. The summed E-state index contributed by atoms with van der Waals surface area (Å²) in [6.07, 6.45) is 0. The van der Waals surface area contributed by atoms with Crippen LogP contribution in [0.5, 0.6) is 5.75 Å². The lowest BCUT2D eigenvalue weighted by Crippen LogP contribution is -2.17. The van der Waals surface area contributed by atoms with Crippen molar-refractivity contribution in [2.24, 2.45) is 0 Å². The molecule has 162 valence electrons. The lowest BCUT2D eigenvalue weighted by Gasteiger charge is -2.13. The van der Waals surface area contributed by atoms with Gasteiger partial charge in [0.25, 0.3) is 15.9 Å². The second-order valence-electron chi connectivity index (χ2n) is 6.76. The first-order chi connectivity index (χ1) is 14.7. The molecular formula is C22H20F2N2O4S. The topological polar surface area (TPSA) is 84.5 Å². The van der Waals surface area contributed by atoms with Gasteiger partial charge in [-0.05, 0) is 55.3 Å². The zero-order valence-corrected chi connectivity index (χ0v) is 17.5. The van der Waals surface area contributed by atoms with Crippen molar-refractivity contribution in [2.75, 3.05) is 10.0 Å². The van der Waals surface area contributed by atoms with Crippen LogP contribution in [0, 0.1) is 13.8 Å². The molecular weight excluding hydrogens is 426 g/mol. The number of anilines is 2. The molecule has 0 atom stereocenters. The van der Waals surface area contributed by atoms with E-state index in [-0.39, 0.29) is 21.9 Å². The summed E-state index contributed by atoms with van der Waals surface area (Å²) in [4.78, 5) is 12.7. The molecule has 0 aliphatic rings. The molecule has 0 bridgehead atoms. The van der Waals surface area contributed by atoms with Crippen LogP contribution in [-0.4, -0.2) is 20.9 Å². The van der Waals surface area contributed by atoms with Gasteiger partial charge in [-0.1, -0.05) is 30.3 Å². The van der Waals surface area contributed by atoms with E-state index in [9.17, 15) is 22.0 Å². The van der Waals surface area contributed by atoms with Gasteiger partial charge in [-0.2, -0.15) is 8.78 Å². The van der Waals surface area contributed by atoms with Gasteiger partial charge in [0.1, 0.15) is 5.75 Å². The van der Waals surface area contributed by atoms with Crippen molar-refractivity contribution < 1.29 is 26.7 Å². The van der Waals surface area contributed by atoms with E-state index in [1.165, 1.54) is 42.5 Å². The molecule has 0 heterocycles. The molecule has 0 aliphatic heterocycles. The Hall–Kier alpha value is -3.46. The lowest BCUT2D eigenvalue weighted by atomic mass is 10.1. The van der Waals surface area contributed by atoms with Gasteiger partial charge >= 0.3 is 6.61 Å². The van der Waals surface area contributed by atoms with Gasteiger partial charge in [-0.25, -0.2) is 8.42 Å². The molecule has 0 unspecified atom stereocenters. The number of alkyl halides is 2. The van der Waals surface area contributed by atoms with Gasteiger partial charge in [0.2, 0.25) is 0 Å².